The highest BCUT2D eigenvalue weighted by Crippen LogP contribution is 2.56. The minimum absolute atomic E-state index is 0.163. The predicted molar refractivity (Wildman–Crippen MR) is 106 cm³/mol. The van der Waals surface area contributed by atoms with Gasteiger partial charge < -0.3 is 33.9 Å². The quantitative estimate of drug-likeness (QED) is 0.786. The average Bonchev–Trinajstić information content (AvgIpc) is 3.35. The van der Waals surface area contributed by atoms with Gasteiger partial charge in [0.05, 0.1) is 26.9 Å². The highest BCUT2D eigenvalue weighted by Gasteiger charge is 2.45. The standard InChI is InChI=1S/C22H25NO7/c1-23-7-6-11-8-15-20(29-10-28-15)21(27-3)16(11)18(23)19-12-4-5-14(26-2)13(9-24)17(12)22(25)30-19/h4-5,8,18-19,22,24-25H,6-7,9-10H2,1-3H3. The van der Waals surface area contributed by atoms with Gasteiger partial charge in [0.25, 0.3) is 0 Å². The number of hydrogen-bond donors (Lipinski definition) is 2. The third kappa shape index (κ3) is 2.68. The lowest BCUT2D eigenvalue weighted by Gasteiger charge is -2.39. The average molecular weight is 415 g/mol. The summed E-state index contributed by atoms with van der Waals surface area (Å²) in [6, 6.07) is 5.50. The van der Waals surface area contributed by atoms with Gasteiger partial charge in [-0.15, -0.1) is 0 Å². The van der Waals surface area contributed by atoms with Gasteiger partial charge in [-0.25, -0.2) is 0 Å². The Balaban J connectivity index is 1.68. The Morgan fingerprint density at radius 3 is 2.73 bits per heavy atom. The molecule has 160 valence electrons. The Hall–Kier alpha value is -2.52. The van der Waals surface area contributed by atoms with Gasteiger partial charge in [0.15, 0.2) is 17.8 Å². The summed E-state index contributed by atoms with van der Waals surface area (Å²) >= 11 is 0. The van der Waals surface area contributed by atoms with Crippen LogP contribution in [0.15, 0.2) is 18.2 Å². The van der Waals surface area contributed by atoms with E-state index in [4.69, 9.17) is 23.7 Å². The molecule has 0 amide bonds. The largest absolute Gasteiger partial charge is 0.496 e. The summed E-state index contributed by atoms with van der Waals surface area (Å²) in [5.41, 5.74) is 4.03. The van der Waals surface area contributed by atoms with Gasteiger partial charge in [-0.2, -0.15) is 0 Å². The van der Waals surface area contributed by atoms with Crippen LogP contribution < -0.4 is 18.9 Å². The maximum atomic E-state index is 10.7. The Kier molecular flexibility index (Phi) is 4.74. The van der Waals surface area contributed by atoms with Crippen LogP contribution in [0.4, 0.5) is 0 Å². The van der Waals surface area contributed by atoms with Gasteiger partial charge in [0.1, 0.15) is 11.9 Å². The zero-order chi connectivity index (χ0) is 21.0. The Bertz CT molecular complexity index is 992. The molecule has 2 aromatic rings. The smallest absolute Gasteiger partial charge is 0.231 e. The second kappa shape index (κ2) is 7.31. The molecule has 0 saturated heterocycles. The van der Waals surface area contributed by atoms with E-state index in [1.807, 2.05) is 19.2 Å². The van der Waals surface area contributed by atoms with E-state index in [9.17, 15) is 10.2 Å². The molecule has 2 N–H and O–H groups in total. The van der Waals surface area contributed by atoms with Crippen molar-refractivity contribution in [2.45, 2.75) is 31.5 Å². The first kappa shape index (κ1) is 19.4. The van der Waals surface area contributed by atoms with Crippen LogP contribution in [0.3, 0.4) is 0 Å². The molecule has 5 rings (SSSR count). The fourth-order valence-electron chi connectivity index (χ4n) is 4.93. The number of likely N-dealkylation sites (N-methyl/N-ethyl adjacent to an activating group) is 1. The molecule has 3 aliphatic heterocycles. The van der Waals surface area contributed by atoms with Crippen molar-refractivity contribution in [2.75, 3.05) is 34.6 Å². The molecule has 0 aliphatic carbocycles. The highest BCUT2D eigenvalue weighted by molar-refractivity contribution is 5.62. The summed E-state index contributed by atoms with van der Waals surface area (Å²) in [7, 11) is 5.19. The second-order valence-electron chi connectivity index (χ2n) is 7.71. The molecule has 0 radical (unpaired) electrons. The van der Waals surface area contributed by atoms with E-state index in [-0.39, 0.29) is 19.4 Å². The van der Waals surface area contributed by atoms with Crippen molar-refractivity contribution < 1.29 is 33.9 Å². The van der Waals surface area contributed by atoms with Crippen LogP contribution in [-0.2, 0) is 17.8 Å². The Labute approximate surface area is 174 Å². The Morgan fingerprint density at radius 1 is 1.17 bits per heavy atom. The molecular formula is C22H25NO7. The second-order valence-corrected chi connectivity index (χ2v) is 7.71. The van der Waals surface area contributed by atoms with Gasteiger partial charge in [-0.05, 0) is 36.7 Å². The number of benzene rings is 2. The number of nitrogens with zero attached hydrogens (tertiary/aromatic N) is 1. The van der Waals surface area contributed by atoms with Crippen molar-refractivity contribution in [3.8, 4) is 23.0 Å². The molecule has 3 unspecified atom stereocenters. The zero-order valence-electron chi connectivity index (χ0n) is 17.2. The van der Waals surface area contributed by atoms with Crippen molar-refractivity contribution in [3.05, 3.63) is 46.0 Å². The number of fused-ring (bicyclic) bond motifs is 3. The first-order valence-corrected chi connectivity index (χ1v) is 9.92. The summed E-state index contributed by atoms with van der Waals surface area (Å²) in [5.74, 6) is 2.45. The number of aliphatic hydroxyl groups excluding tert-OH is 2. The van der Waals surface area contributed by atoms with Crippen molar-refractivity contribution in [1.82, 2.24) is 4.90 Å². The van der Waals surface area contributed by atoms with Crippen molar-refractivity contribution in [3.63, 3.8) is 0 Å². The lowest BCUT2D eigenvalue weighted by atomic mass is 9.85. The van der Waals surface area contributed by atoms with E-state index < -0.39 is 12.4 Å². The summed E-state index contributed by atoms with van der Waals surface area (Å²) in [6.07, 6.45) is -0.771. The Morgan fingerprint density at radius 2 is 2.00 bits per heavy atom. The van der Waals surface area contributed by atoms with E-state index in [0.717, 1.165) is 29.7 Å². The molecule has 3 heterocycles. The third-order valence-electron chi connectivity index (χ3n) is 6.29. The van der Waals surface area contributed by atoms with Crippen LogP contribution in [0.25, 0.3) is 0 Å². The van der Waals surface area contributed by atoms with Crippen LogP contribution in [0.5, 0.6) is 23.0 Å². The number of methoxy groups -OCH3 is 2. The molecule has 3 aliphatic rings. The summed E-state index contributed by atoms with van der Waals surface area (Å²) in [5, 5.41) is 20.7. The number of ether oxygens (including phenoxy) is 5. The summed E-state index contributed by atoms with van der Waals surface area (Å²) in [4.78, 5) is 2.20. The molecule has 2 aromatic carbocycles. The molecule has 3 atom stereocenters. The van der Waals surface area contributed by atoms with E-state index in [1.54, 1.807) is 20.3 Å². The molecule has 0 bridgehead atoms. The number of aliphatic hydroxyl groups is 2. The number of rotatable bonds is 4. The van der Waals surface area contributed by atoms with Gasteiger partial charge in [0.2, 0.25) is 12.5 Å². The first-order chi connectivity index (χ1) is 14.6. The van der Waals surface area contributed by atoms with Crippen LogP contribution in [0.2, 0.25) is 0 Å². The summed E-state index contributed by atoms with van der Waals surface area (Å²) < 4.78 is 28.5. The fourth-order valence-corrected chi connectivity index (χ4v) is 4.93. The van der Waals surface area contributed by atoms with E-state index in [2.05, 4.69) is 4.90 Å². The van der Waals surface area contributed by atoms with Crippen molar-refractivity contribution >= 4 is 0 Å². The lowest BCUT2D eigenvalue weighted by Crippen LogP contribution is -2.36. The van der Waals surface area contributed by atoms with Crippen LogP contribution >= 0.6 is 0 Å². The normalized spacial score (nSPS) is 24.5. The molecule has 8 nitrogen and oxygen atoms in total. The fraction of sp³-hybridized carbons (Fsp3) is 0.455. The zero-order valence-corrected chi connectivity index (χ0v) is 17.2. The predicted octanol–water partition coefficient (Wildman–Crippen LogP) is 2.22. The summed E-state index contributed by atoms with van der Waals surface area (Å²) in [6.45, 7) is 0.726. The maximum absolute atomic E-state index is 10.7. The van der Waals surface area contributed by atoms with Gasteiger partial charge >= 0.3 is 0 Å². The van der Waals surface area contributed by atoms with Gasteiger partial charge in [0, 0.05) is 23.2 Å². The van der Waals surface area contributed by atoms with Crippen LogP contribution in [0.1, 0.15) is 46.3 Å². The SMILES string of the molecule is COc1ccc2c(c1CO)C(O)OC2C1c2c(cc3c(c2OC)OCO3)CCN1C. The molecule has 8 heteroatoms. The molecule has 0 aromatic heterocycles. The minimum atomic E-state index is -1.15. The maximum Gasteiger partial charge on any atom is 0.231 e. The van der Waals surface area contributed by atoms with Crippen molar-refractivity contribution in [1.29, 1.82) is 0 Å². The topological polar surface area (TPSA) is 89.9 Å². The minimum Gasteiger partial charge on any atom is -0.496 e. The molecule has 30 heavy (non-hydrogen) atoms. The van der Waals surface area contributed by atoms with E-state index in [1.165, 1.54) is 0 Å². The molecular weight excluding hydrogens is 390 g/mol. The van der Waals surface area contributed by atoms with Crippen LogP contribution in [0, 0.1) is 0 Å². The third-order valence-corrected chi connectivity index (χ3v) is 6.29. The van der Waals surface area contributed by atoms with Gasteiger partial charge in [-0.3, -0.25) is 4.90 Å². The van der Waals surface area contributed by atoms with E-state index >= 15 is 0 Å². The molecule has 0 spiro atoms. The van der Waals surface area contributed by atoms with Crippen LogP contribution in [-0.4, -0.2) is 49.7 Å². The molecule has 0 fully saturated rings. The first-order valence-electron chi connectivity index (χ1n) is 9.92. The van der Waals surface area contributed by atoms with E-state index in [0.29, 0.717) is 34.1 Å². The van der Waals surface area contributed by atoms with Crippen molar-refractivity contribution in [2.24, 2.45) is 0 Å². The van der Waals surface area contributed by atoms with Gasteiger partial charge in [-0.1, -0.05) is 6.07 Å². The number of hydrogen-bond acceptors (Lipinski definition) is 8. The lowest BCUT2D eigenvalue weighted by molar-refractivity contribution is -0.142. The monoisotopic (exact) mass is 415 g/mol. The molecule has 0 saturated carbocycles. The highest BCUT2D eigenvalue weighted by atomic mass is 16.7.